The molecule has 0 aromatic carbocycles. The van der Waals surface area contributed by atoms with E-state index >= 15 is 0 Å². The number of nitrogens with zero attached hydrogens (tertiary/aromatic N) is 2. The van der Waals surface area contributed by atoms with E-state index in [1.54, 1.807) is 17.8 Å². The van der Waals surface area contributed by atoms with Gasteiger partial charge in [0.1, 0.15) is 10.2 Å². The van der Waals surface area contributed by atoms with Crippen molar-refractivity contribution in [2.45, 2.75) is 29.4 Å². The summed E-state index contributed by atoms with van der Waals surface area (Å²) in [6.45, 7) is 0. The second kappa shape index (κ2) is 6.33. The lowest BCUT2D eigenvalue weighted by Gasteiger charge is -2.12. The monoisotopic (exact) mass is 318 g/mol. The highest BCUT2D eigenvalue weighted by Crippen LogP contribution is 2.52. The van der Waals surface area contributed by atoms with Crippen LogP contribution in [-0.2, 0) is 9.53 Å². The Kier molecular flexibility index (Phi) is 4.97. The van der Waals surface area contributed by atoms with Crippen molar-refractivity contribution in [3.05, 3.63) is 11.2 Å². The zero-order valence-corrected chi connectivity index (χ0v) is 13.2. The second-order valence-corrected chi connectivity index (χ2v) is 6.71. The molecule has 0 saturated heterocycles. The van der Waals surface area contributed by atoms with Crippen LogP contribution in [0.25, 0.3) is 0 Å². The van der Waals surface area contributed by atoms with Crippen LogP contribution < -0.4 is 0 Å². The zero-order valence-electron chi connectivity index (χ0n) is 10.8. The van der Waals surface area contributed by atoms with Crippen molar-refractivity contribution in [1.29, 1.82) is 0 Å². The molecule has 0 bridgehead atoms. The molecule has 0 atom stereocenters. The van der Waals surface area contributed by atoms with E-state index in [9.17, 15) is 4.79 Å². The summed E-state index contributed by atoms with van der Waals surface area (Å²) < 4.78 is 4.74. The summed E-state index contributed by atoms with van der Waals surface area (Å²) in [6.07, 6.45) is 4.55. The third-order valence-corrected chi connectivity index (χ3v) is 5.07. The number of halogens is 1. The molecule has 1 aromatic heterocycles. The van der Waals surface area contributed by atoms with E-state index in [4.69, 9.17) is 16.3 Å². The van der Waals surface area contributed by atoms with E-state index in [1.807, 2.05) is 6.26 Å². The Balaban J connectivity index is 1.95. The minimum absolute atomic E-state index is 0.0920. The lowest BCUT2D eigenvalue weighted by Crippen LogP contribution is -2.13. The first-order chi connectivity index (χ1) is 9.07. The van der Waals surface area contributed by atoms with E-state index in [0.29, 0.717) is 16.7 Å². The van der Waals surface area contributed by atoms with Crippen LogP contribution in [0.1, 0.15) is 19.3 Å². The zero-order chi connectivity index (χ0) is 13.9. The third-order valence-electron chi connectivity index (χ3n) is 3.06. The molecule has 1 aliphatic carbocycles. The van der Waals surface area contributed by atoms with E-state index in [1.165, 1.54) is 18.9 Å². The van der Waals surface area contributed by atoms with Gasteiger partial charge in [0.25, 0.3) is 0 Å². The van der Waals surface area contributed by atoms with Gasteiger partial charge in [-0.1, -0.05) is 23.4 Å². The van der Waals surface area contributed by atoms with Gasteiger partial charge in [-0.15, -0.1) is 11.8 Å². The molecule has 1 aromatic rings. The lowest BCUT2D eigenvalue weighted by molar-refractivity contribution is -0.141. The van der Waals surface area contributed by atoms with Gasteiger partial charge < -0.3 is 4.74 Å². The summed E-state index contributed by atoms with van der Waals surface area (Å²) in [4.78, 5) is 19.9. The SMILES string of the molecule is COC(=O)CC1(CSc2cc(Cl)nc(SC)n2)CC1. The minimum Gasteiger partial charge on any atom is -0.469 e. The third kappa shape index (κ3) is 4.26. The van der Waals surface area contributed by atoms with E-state index in [2.05, 4.69) is 9.97 Å². The molecular formula is C12H15ClN2O2S2. The number of ether oxygens (including phenoxy) is 1. The van der Waals surface area contributed by atoms with E-state index in [0.717, 1.165) is 23.6 Å². The van der Waals surface area contributed by atoms with Crippen LogP contribution in [0.2, 0.25) is 5.15 Å². The normalized spacial score (nSPS) is 16.2. The Morgan fingerprint density at radius 2 is 2.26 bits per heavy atom. The maximum atomic E-state index is 11.4. The fraction of sp³-hybridized carbons (Fsp3) is 0.583. The van der Waals surface area contributed by atoms with Gasteiger partial charge in [-0.3, -0.25) is 4.79 Å². The highest BCUT2D eigenvalue weighted by molar-refractivity contribution is 7.99. The number of carbonyl (C=O) groups excluding carboxylic acids is 1. The number of hydrogen-bond acceptors (Lipinski definition) is 6. The van der Waals surface area contributed by atoms with Crippen molar-refractivity contribution in [3.8, 4) is 0 Å². The molecule has 0 radical (unpaired) electrons. The van der Waals surface area contributed by atoms with Crippen LogP contribution in [0.5, 0.6) is 0 Å². The first-order valence-corrected chi connectivity index (χ1v) is 8.44. The summed E-state index contributed by atoms with van der Waals surface area (Å²) in [5, 5.41) is 1.99. The van der Waals surface area contributed by atoms with Crippen molar-refractivity contribution < 1.29 is 9.53 Å². The Morgan fingerprint density at radius 1 is 1.53 bits per heavy atom. The molecule has 1 aliphatic rings. The molecular weight excluding hydrogens is 304 g/mol. The van der Waals surface area contributed by atoms with Crippen molar-refractivity contribution in [2.75, 3.05) is 19.1 Å². The Morgan fingerprint density at radius 3 is 2.84 bits per heavy atom. The average Bonchev–Trinajstić information content (AvgIpc) is 3.16. The van der Waals surface area contributed by atoms with Crippen LogP contribution in [0.4, 0.5) is 0 Å². The number of rotatable bonds is 6. The summed E-state index contributed by atoms with van der Waals surface area (Å²) >= 11 is 9.04. The minimum atomic E-state index is -0.136. The molecule has 19 heavy (non-hydrogen) atoms. The van der Waals surface area contributed by atoms with Gasteiger partial charge in [-0.25, -0.2) is 9.97 Å². The number of esters is 1. The highest BCUT2D eigenvalue weighted by atomic mass is 35.5. The van der Waals surface area contributed by atoms with E-state index < -0.39 is 0 Å². The van der Waals surface area contributed by atoms with Crippen LogP contribution >= 0.6 is 35.1 Å². The quantitative estimate of drug-likeness (QED) is 0.347. The summed E-state index contributed by atoms with van der Waals surface area (Å²) in [5.74, 6) is 0.729. The Bertz CT molecular complexity index is 481. The Hall–Kier alpha value is -0.460. The Labute approximate surface area is 126 Å². The van der Waals surface area contributed by atoms with Crippen LogP contribution in [0.3, 0.4) is 0 Å². The first kappa shape index (κ1) is 14.9. The average molecular weight is 319 g/mol. The molecule has 1 saturated carbocycles. The van der Waals surface area contributed by atoms with Gasteiger partial charge in [0.2, 0.25) is 0 Å². The lowest BCUT2D eigenvalue weighted by atomic mass is 10.1. The summed E-state index contributed by atoms with van der Waals surface area (Å²) in [6, 6.07) is 1.76. The first-order valence-electron chi connectivity index (χ1n) is 5.85. The maximum absolute atomic E-state index is 11.4. The molecule has 1 fully saturated rings. The number of methoxy groups -OCH3 is 1. The van der Waals surface area contributed by atoms with Gasteiger partial charge in [0, 0.05) is 11.8 Å². The van der Waals surface area contributed by atoms with Gasteiger partial charge in [-0.05, 0) is 24.5 Å². The predicted molar refractivity (Wildman–Crippen MR) is 77.8 cm³/mol. The van der Waals surface area contributed by atoms with Crippen molar-refractivity contribution in [1.82, 2.24) is 9.97 Å². The molecule has 0 amide bonds. The molecule has 7 heteroatoms. The molecule has 0 unspecified atom stereocenters. The maximum Gasteiger partial charge on any atom is 0.306 e. The van der Waals surface area contributed by atoms with Crippen LogP contribution in [0, 0.1) is 5.41 Å². The molecule has 0 spiro atoms. The number of thioether (sulfide) groups is 2. The standard InChI is InChI=1S/C12H15ClN2O2S2/c1-17-10(16)6-12(3-4-12)7-19-9-5-8(13)14-11(15-9)18-2/h5H,3-4,6-7H2,1-2H3. The van der Waals surface area contributed by atoms with Crippen molar-refractivity contribution in [3.63, 3.8) is 0 Å². The fourth-order valence-electron chi connectivity index (χ4n) is 1.70. The van der Waals surface area contributed by atoms with Gasteiger partial charge in [0.05, 0.1) is 13.5 Å². The number of aromatic nitrogens is 2. The van der Waals surface area contributed by atoms with Crippen LogP contribution in [0.15, 0.2) is 16.2 Å². The number of hydrogen-bond donors (Lipinski definition) is 0. The number of carbonyl (C=O) groups is 1. The molecule has 4 nitrogen and oxygen atoms in total. The molecule has 104 valence electrons. The predicted octanol–water partition coefficient (Wildman–Crippen LogP) is 3.29. The summed E-state index contributed by atoms with van der Waals surface area (Å²) in [5.41, 5.74) is 0.0920. The summed E-state index contributed by atoms with van der Waals surface area (Å²) in [7, 11) is 1.43. The van der Waals surface area contributed by atoms with Gasteiger partial charge >= 0.3 is 5.97 Å². The largest absolute Gasteiger partial charge is 0.469 e. The van der Waals surface area contributed by atoms with E-state index in [-0.39, 0.29) is 11.4 Å². The fourth-order valence-corrected chi connectivity index (χ4v) is 3.62. The van der Waals surface area contributed by atoms with Gasteiger partial charge in [0.15, 0.2) is 5.16 Å². The smallest absolute Gasteiger partial charge is 0.306 e. The van der Waals surface area contributed by atoms with Gasteiger partial charge in [-0.2, -0.15) is 0 Å². The molecule has 0 aliphatic heterocycles. The van der Waals surface area contributed by atoms with Crippen molar-refractivity contribution in [2.24, 2.45) is 5.41 Å². The van der Waals surface area contributed by atoms with Crippen molar-refractivity contribution >= 4 is 41.1 Å². The molecule has 2 rings (SSSR count). The second-order valence-electron chi connectivity index (χ2n) is 4.56. The molecule has 1 heterocycles. The topological polar surface area (TPSA) is 52.1 Å². The molecule has 0 N–H and O–H groups in total. The van der Waals surface area contributed by atoms with Crippen LogP contribution in [-0.4, -0.2) is 35.1 Å². The highest BCUT2D eigenvalue weighted by Gasteiger charge is 2.44.